The summed E-state index contributed by atoms with van der Waals surface area (Å²) in [5.74, 6) is -1.07. The van der Waals surface area contributed by atoms with Crippen molar-refractivity contribution in [3.8, 4) is 0 Å². The lowest BCUT2D eigenvalue weighted by atomic mass is 10.1. The zero-order chi connectivity index (χ0) is 21.1. The molecule has 8 heteroatoms. The number of anilines is 1. The minimum Gasteiger partial charge on any atom is -0.350 e. The van der Waals surface area contributed by atoms with E-state index in [0.29, 0.717) is 21.7 Å². The maximum absolute atomic E-state index is 12.5. The predicted molar refractivity (Wildman–Crippen MR) is 117 cm³/mol. The van der Waals surface area contributed by atoms with Gasteiger partial charge in [0.05, 0.1) is 10.4 Å². The Kier molecular flexibility index (Phi) is 5.32. The Morgan fingerprint density at radius 1 is 0.833 bits per heavy atom. The Morgan fingerprint density at radius 3 is 2.30 bits per heavy atom. The fraction of sp³-hybridized carbons (Fsp3) is 0.0455. The van der Waals surface area contributed by atoms with Crippen LogP contribution in [0.4, 0.5) is 5.69 Å². The summed E-state index contributed by atoms with van der Waals surface area (Å²) in [6.45, 7) is 0. The molecule has 4 rings (SSSR count). The number of hydrazine groups is 1. The number of benzene rings is 2. The Balaban J connectivity index is 1.38. The van der Waals surface area contributed by atoms with E-state index in [1.54, 1.807) is 42.6 Å². The highest BCUT2D eigenvalue weighted by Crippen LogP contribution is 2.20. The molecule has 0 saturated heterocycles. The van der Waals surface area contributed by atoms with E-state index in [1.807, 2.05) is 41.3 Å². The zero-order valence-electron chi connectivity index (χ0n) is 16.0. The van der Waals surface area contributed by atoms with Gasteiger partial charge in [0.1, 0.15) is 0 Å². The van der Waals surface area contributed by atoms with Crippen molar-refractivity contribution in [3.63, 3.8) is 0 Å². The van der Waals surface area contributed by atoms with E-state index in [2.05, 4.69) is 16.2 Å². The highest BCUT2D eigenvalue weighted by molar-refractivity contribution is 7.12. The van der Waals surface area contributed by atoms with Crippen LogP contribution in [0.15, 0.2) is 72.2 Å². The maximum atomic E-state index is 12.5. The summed E-state index contributed by atoms with van der Waals surface area (Å²) in [5.41, 5.74) is 7.19. The molecule has 4 aromatic rings. The molecule has 2 heterocycles. The predicted octanol–water partition coefficient (Wildman–Crippen LogP) is 3.57. The normalized spacial score (nSPS) is 10.6. The van der Waals surface area contributed by atoms with Crippen molar-refractivity contribution in [1.29, 1.82) is 0 Å². The summed E-state index contributed by atoms with van der Waals surface area (Å²) >= 11 is 1.35. The van der Waals surface area contributed by atoms with Gasteiger partial charge in [-0.15, -0.1) is 11.3 Å². The van der Waals surface area contributed by atoms with Gasteiger partial charge in [-0.2, -0.15) is 0 Å². The van der Waals surface area contributed by atoms with Gasteiger partial charge in [0.2, 0.25) is 0 Å². The summed E-state index contributed by atoms with van der Waals surface area (Å²) < 4.78 is 1.86. The van der Waals surface area contributed by atoms with Crippen LogP contribution < -0.4 is 16.2 Å². The van der Waals surface area contributed by atoms with Crippen molar-refractivity contribution in [3.05, 3.63) is 88.2 Å². The Labute approximate surface area is 176 Å². The number of rotatable bonds is 4. The van der Waals surface area contributed by atoms with Crippen LogP contribution in [-0.4, -0.2) is 22.3 Å². The molecule has 0 radical (unpaired) electrons. The van der Waals surface area contributed by atoms with Gasteiger partial charge in [0.15, 0.2) is 0 Å². The monoisotopic (exact) mass is 418 g/mol. The second-order valence-corrected chi connectivity index (χ2v) is 7.54. The average molecular weight is 418 g/mol. The molecular formula is C22H18N4O3S. The Morgan fingerprint density at radius 2 is 1.57 bits per heavy atom. The number of carbonyl (C=O) groups excluding carboxylic acids is 3. The van der Waals surface area contributed by atoms with Crippen molar-refractivity contribution in [1.82, 2.24) is 15.4 Å². The number of amides is 3. The van der Waals surface area contributed by atoms with E-state index in [1.165, 1.54) is 11.3 Å². The second kappa shape index (κ2) is 8.22. The van der Waals surface area contributed by atoms with Crippen LogP contribution in [0.25, 0.3) is 10.9 Å². The first kappa shape index (κ1) is 19.4. The first-order valence-corrected chi connectivity index (χ1v) is 10.0. The molecule has 3 N–H and O–H groups in total. The Hall–Kier alpha value is -3.91. The number of carbonyl (C=O) groups is 3. The molecule has 0 aliphatic carbocycles. The number of nitrogens with one attached hydrogen (secondary N) is 3. The van der Waals surface area contributed by atoms with Crippen molar-refractivity contribution in [2.75, 3.05) is 5.32 Å². The SMILES string of the molecule is Cn1cc(C(=O)NNC(=O)c2ccc(NC(=O)c3cccs3)cc2)c2ccccc21. The number of para-hydroxylation sites is 1. The van der Waals surface area contributed by atoms with E-state index < -0.39 is 11.8 Å². The number of thiophene rings is 1. The molecule has 2 aromatic carbocycles. The van der Waals surface area contributed by atoms with Gasteiger partial charge in [0.25, 0.3) is 17.7 Å². The summed E-state index contributed by atoms with van der Waals surface area (Å²) in [6.07, 6.45) is 1.72. The number of hydrogen-bond donors (Lipinski definition) is 3. The third-order valence-corrected chi connectivity index (χ3v) is 5.45. The molecule has 0 unspecified atom stereocenters. The minimum atomic E-state index is -0.459. The fourth-order valence-electron chi connectivity index (χ4n) is 3.08. The van der Waals surface area contributed by atoms with Crippen LogP contribution >= 0.6 is 11.3 Å². The summed E-state index contributed by atoms with van der Waals surface area (Å²) in [5, 5.41) is 5.40. The highest BCUT2D eigenvalue weighted by Gasteiger charge is 2.15. The standard InChI is InChI=1S/C22H18N4O3S/c1-26-13-17(16-5-2-3-6-18(16)26)21(28)25-24-20(27)14-8-10-15(11-9-14)23-22(29)19-7-4-12-30-19/h2-13H,1H3,(H,23,29)(H,24,27)(H,25,28). The lowest BCUT2D eigenvalue weighted by Gasteiger charge is -2.08. The topological polar surface area (TPSA) is 92.2 Å². The number of aryl methyl sites for hydroxylation is 1. The molecule has 0 aliphatic heterocycles. The smallest absolute Gasteiger partial charge is 0.271 e. The van der Waals surface area contributed by atoms with Crippen molar-refractivity contribution in [2.45, 2.75) is 0 Å². The van der Waals surface area contributed by atoms with Crippen LogP contribution in [0.3, 0.4) is 0 Å². The maximum Gasteiger partial charge on any atom is 0.271 e. The Bertz CT molecular complexity index is 1230. The highest BCUT2D eigenvalue weighted by atomic mass is 32.1. The van der Waals surface area contributed by atoms with Crippen molar-refractivity contribution < 1.29 is 14.4 Å². The van der Waals surface area contributed by atoms with Crippen molar-refractivity contribution in [2.24, 2.45) is 7.05 Å². The van der Waals surface area contributed by atoms with Crippen LogP contribution in [0.5, 0.6) is 0 Å². The van der Waals surface area contributed by atoms with E-state index in [0.717, 1.165) is 10.9 Å². The van der Waals surface area contributed by atoms with Crippen LogP contribution in [0.2, 0.25) is 0 Å². The molecule has 0 aliphatic rings. The third kappa shape index (κ3) is 3.94. The number of fused-ring (bicyclic) bond motifs is 1. The summed E-state index contributed by atoms with van der Waals surface area (Å²) in [4.78, 5) is 37.5. The first-order valence-electron chi connectivity index (χ1n) is 9.12. The summed E-state index contributed by atoms with van der Waals surface area (Å²) in [7, 11) is 1.86. The molecule has 0 bridgehead atoms. The van der Waals surface area contributed by atoms with Gasteiger partial charge < -0.3 is 9.88 Å². The molecule has 3 amide bonds. The van der Waals surface area contributed by atoms with E-state index in [9.17, 15) is 14.4 Å². The fourth-order valence-corrected chi connectivity index (χ4v) is 3.70. The molecule has 30 heavy (non-hydrogen) atoms. The average Bonchev–Trinajstić information content (AvgIpc) is 3.41. The van der Waals surface area contributed by atoms with Crippen LogP contribution in [0, 0.1) is 0 Å². The molecule has 0 atom stereocenters. The number of hydrogen-bond acceptors (Lipinski definition) is 4. The zero-order valence-corrected chi connectivity index (χ0v) is 16.8. The lowest BCUT2D eigenvalue weighted by molar-refractivity contribution is 0.0847. The quantitative estimate of drug-likeness (QED) is 0.443. The third-order valence-electron chi connectivity index (χ3n) is 4.58. The van der Waals surface area contributed by atoms with Crippen LogP contribution in [-0.2, 0) is 7.05 Å². The number of nitrogens with zero attached hydrogens (tertiary/aromatic N) is 1. The van der Waals surface area contributed by atoms with Gasteiger partial charge in [-0.25, -0.2) is 0 Å². The van der Waals surface area contributed by atoms with Gasteiger partial charge >= 0.3 is 0 Å². The van der Waals surface area contributed by atoms with E-state index in [4.69, 9.17) is 0 Å². The van der Waals surface area contributed by atoms with Gasteiger partial charge in [-0.3, -0.25) is 25.2 Å². The van der Waals surface area contributed by atoms with Crippen molar-refractivity contribution >= 4 is 45.6 Å². The lowest BCUT2D eigenvalue weighted by Crippen LogP contribution is -2.41. The largest absolute Gasteiger partial charge is 0.350 e. The molecule has 2 aromatic heterocycles. The van der Waals surface area contributed by atoms with Gasteiger partial charge in [-0.05, 0) is 41.8 Å². The van der Waals surface area contributed by atoms with Crippen LogP contribution in [0.1, 0.15) is 30.4 Å². The second-order valence-electron chi connectivity index (χ2n) is 6.59. The summed E-state index contributed by atoms with van der Waals surface area (Å²) in [6, 6.07) is 17.5. The molecule has 0 spiro atoms. The van der Waals surface area contributed by atoms with E-state index >= 15 is 0 Å². The van der Waals surface area contributed by atoms with Gasteiger partial charge in [0, 0.05) is 35.4 Å². The van der Waals surface area contributed by atoms with E-state index in [-0.39, 0.29) is 5.91 Å². The van der Waals surface area contributed by atoms with Gasteiger partial charge in [-0.1, -0.05) is 24.3 Å². The molecule has 150 valence electrons. The molecule has 7 nitrogen and oxygen atoms in total. The first-order chi connectivity index (χ1) is 14.5. The minimum absolute atomic E-state index is 0.204. The molecule has 0 fully saturated rings. The number of aromatic nitrogens is 1. The molecular weight excluding hydrogens is 400 g/mol. The molecule has 0 saturated carbocycles.